The molecule has 0 unspecified atom stereocenters. The van der Waals surface area contributed by atoms with E-state index in [9.17, 15) is 14.4 Å². The largest absolute Gasteiger partial charge is 0.466 e. The third-order valence-electron chi connectivity index (χ3n) is 6.73. The van der Waals surface area contributed by atoms with Crippen LogP contribution in [-0.2, 0) is 14.3 Å². The van der Waals surface area contributed by atoms with Gasteiger partial charge < -0.3 is 30.3 Å². The Morgan fingerprint density at radius 2 is 1.83 bits per heavy atom. The van der Waals surface area contributed by atoms with Crippen LogP contribution in [0.4, 0.5) is 11.4 Å². The number of benzene rings is 2. The number of nitrogens with two attached hydrogens (primary N) is 1. The van der Waals surface area contributed by atoms with Gasteiger partial charge in [-0.3, -0.25) is 14.4 Å². The first-order valence-corrected chi connectivity index (χ1v) is 14.5. The summed E-state index contributed by atoms with van der Waals surface area (Å²) in [5.41, 5.74) is 8.64. The Morgan fingerprint density at radius 3 is 2.48 bits per heavy atom. The molecule has 1 heterocycles. The van der Waals surface area contributed by atoms with Gasteiger partial charge in [-0.1, -0.05) is 47.5 Å². The number of anilines is 2. The average Bonchev–Trinajstić information content (AvgIpc) is 3.79. The quantitative estimate of drug-likeness (QED) is 0.152. The Balaban J connectivity index is 1.55. The molecule has 1 aliphatic heterocycles. The lowest BCUT2D eigenvalue weighted by atomic mass is 10.1. The Bertz CT molecular complexity index is 1450. The fourth-order valence-corrected chi connectivity index (χ4v) is 5.10. The van der Waals surface area contributed by atoms with Crippen LogP contribution in [0.3, 0.4) is 0 Å². The van der Waals surface area contributed by atoms with Crippen LogP contribution in [0, 0.1) is 0 Å². The number of carbonyl (C=O) groups excluding carboxylic acids is 3. The molecule has 0 saturated heterocycles. The maximum Gasteiger partial charge on any atom is 0.307 e. The summed E-state index contributed by atoms with van der Waals surface area (Å²) in [6, 6.07) is 11.1. The van der Waals surface area contributed by atoms with E-state index in [1.54, 1.807) is 24.8 Å². The van der Waals surface area contributed by atoms with Crippen molar-refractivity contribution in [2.45, 2.75) is 39.2 Å². The molecule has 9 nitrogen and oxygen atoms in total. The minimum absolute atomic E-state index is 0.0174. The molecule has 0 bridgehead atoms. The van der Waals surface area contributed by atoms with Crippen LogP contribution in [0.1, 0.15) is 43.5 Å². The molecule has 0 radical (unpaired) electrons. The zero-order valence-electron chi connectivity index (χ0n) is 23.6. The first-order valence-electron chi connectivity index (χ1n) is 13.7. The van der Waals surface area contributed by atoms with Crippen molar-refractivity contribution in [3.05, 3.63) is 87.8 Å². The van der Waals surface area contributed by atoms with E-state index in [0.717, 1.165) is 24.2 Å². The van der Waals surface area contributed by atoms with Gasteiger partial charge in [0.15, 0.2) is 0 Å². The van der Waals surface area contributed by atoms with Crippen LogP contribution in [0.2, 0.25) is 10.0 Å². The third-order valence-corrected chi connectivity index (χ3v) is 7.33. The van der Waals surface area contributed by atoms with Crippen LogP contribution < -0.4 is 25.6 Å². The molecule has 1 fully saturated rings. The predicted octanol–water partition coefficient (Wildman–Crippen LogP) is 5.37. The first-order chi connectivity index (χ1) is 20.1. The van der Waals surface area contributed by atoms with Gasteiger partial charge in [-0.2, -0.15) is 0 Å². The number of ether oxygens (including phenoxy) is 2. The molecule has 0 spiro atoms. The average molecular weight is 614 g/mol. The van der Waals surface area contributed by atoms with Crippen molar-refractivity contribution in [3.63, 3.8) is 0 Å². The maximum absolute atomic E-state index is 13.9. The number of fused-ring (bicyclic) bond motifs is 1. The second-order valence-electron chi connectivity index (χ2n) is 9.98. The predicted molar refractivity (Wildman–Crippen MR) is 165 cm³/mol. The Morgan fingerprint density at radius 1 is 1.12 bits per heavy atom. The number of rotatable bonds is 11. The van der Waals surface area contributed by atoms with Crippen molar-refractivity contribution in [2.75, 3.05) is 36.0 Å². The molecular formula is C31H34Cl2N4O5. The summed E-state index contributed by atoms with van der Waals surface area (Å²) >= 11 is 12.9. The first kappa shape index (κ1) is 31.0. The molecule has 2 amide bonds. The Labute approximate surface area is 255 Å². The van der Waals surface area contributed by atoms with Gasteiger partial charge in [0.2, 0.25) is 0 Å². The van der Waals surface area contributed by atoms with Gasteiger partial charge in [-0.15, -0.1) is 0 Å². The molecule has 0 aromatic heterocycles. The number of nitrogens with one attached hydrogen (secondary N) is 1. The highest BCUT2D eigenvalue weighted by atomic mass is 35.5. The smallest absolute Gasteiger partial charge is 0.307 e. The summed E-state index contributed by atoms with van der Waals surface area (Å²) in [5.74, 6) is -1.04. The monoisotopic (exact) mass is 612 g/mol. The molecule has 2 aliphatic rings. The van der Waals surface area contributed by atoms with Gasteiger partial charge in [0.25, 0.3) is 11.8 Å². The number of halogens is 2. The van der Waals surface area contributed by atoms with Crippen molar-refractivity contribution >= 4 is 52.4 Å². The van der Waals surface area contributed by atoms with Crippen LogP contribution in [0.5, 0.6) is 5.75 Å². The highest BCUT2D eigenvalue weighted by Crippen LogP contribution is 2.41. The van der Waals surface area contributed by atoms with Gasteiger partial charge in [0.1, 0.15) is 11.5 Å². The van der Waals surface area contributed by atoms with Gasteiger partial charge >= 0.3 is 5.97 Å². The molecule has 11 heteroatoms. The zero-order chi connectivity index (χ0) is 30.4. The Kier molecular flexibility index (Phi) is 10.2. The van der Waals surface area contributed by atoms with Gasteiger partial charge in [0, 0.05) is 37.9 Å². The molecule has 2 aromatic carbocycles. The van der Waals surface area contributed by atoms with Crippen molar-refractivity contribution in [1.82, 2.24) is 5.32 Å². The van der Waals surface area contributed by atoms with E-state index >= 15 is 0 Å². The van der Waals surface area contributed by atoms with E-state index in [4.69, 9.17) is 38.4 Å². The van der Waals surface area contributed by atoms with Crippen LogP contribution in [-0.4, -0.2) is 50.1 Å². The van der Waals surface area contributed by atoms with E-state index in [1.807, 2.05) is 24.3 Å². The van der Waals surface area contributed by atoms with Crippen LogP contribution in [0.15, 0.2) is 72.2 Å². The summed E-state index contributed by atoms with van der Waals surface area (Å²) in [7, 11) is 0. The third kappa shape index (κ3) is 7.27. The van der Waals surface area contributed by atoms with Crippen LogP contribution >= 0.6 is 23.2 Å². The second kappa shape index (κ2) is 13.8. The van der Waals surface area contributed by atoms with Crippen molar-refractivity contribution in [2.24, 2.45) is 5.73 Å². The van der Waals surface area contributed by atoms with Crippen molar-refractivity contribution in [3.8, 4) is 5.75 Å². The standard InChI is InChI=1S/C31H34Cl2N4O5/c1-4-41-29(38)11-12-35-30(39)21-16-24(33)28(17-23(21)32)42-27(15-19(2)3)22(18-34)31(40)37-14-13-36(20-9-10-20)25-7-5-6-8-26(25)37/h5-8,15-18,20H,2,4,9-14,34H2,1,3H3,(H,35,39)/b22-18+,27-15+. The summed E-state index contributed by atoms with van der Waals surface area (Å²) in [4.78, 5) is 42.2. The minimum atomic E-state index is -0.517. The van der Waals surface area contributed by atoms with Gasteiger partial charge in [-0.05, 0) is 51.0 Å². The molecule has 222 valence electrons. The molecular weight excluding hydrogens is 579 g/mol. The van der Waals surface area contributed by atoms with Crippen molar-refractivity contribution in [1.29, 1.82) is 0 Å². The highest BCUT2D eigenvalue weighted by molar-refractivity contribution is 6.36. The number of amides is 2. The van der Waals surface area contributed by atoms with E-state index in [1.165, 1.54) is 18.3 Å². The number of hydrogen-bond donors (Lipinski definition) is 2. The lowest BCUT2D eigenvalue weighted by Gasteiger charge is -2.38. The summed E-state index contributed by atoms with van der Waals surface area (Å²) in [5, 5.41) is 2.76. The highest BCUT2D eigenvalue weighted by Gasteiger charge is 2.36. The second-order valence-corrected chi connectivity index (χ2v) is 10.8. The zero-order valence-corrected chi connectivity index (χ0v) is 25.1. The molecule has 1 aliphatic carbocycles. The molecule has 2 aromatic rings. The number of para-hydroxylation sites is 2. The van der Waals surface area contributed by atoms with Crippen molar-refractivity contribution < 1.29 is 23.9 Å². The number of allylic oxidation sites excluding steroid dienone is 2. The fraction of sp³-hybridized carbons (Fsp3) is 0.323. The molecule has 1 saturated carbocycles. The normalized spacial score (nSPS) is 15.1. The van der Waals surface area contributed by atoms with Gasteiger partial charge in [0.05, 0.1) is 45.6 Å². The number of esters is 1. The minimum Gasteiger partial charge on any atom is -0.466 e. The van der Waals surface area contributed by atoms with E-state index < -0.39 is 11.9 Å². The van der Waals surface area contributed by atoms with Crippen LogP contribution in [0.25, 0.3) is 0 Å². The Hall–Kier alpha value is -3.95. The number of carbonyl (C=O) groups is 3. The number of hydrogen-bond acceptors (Lipinski definition) is 7. The molecule has 42 heavy (non-hydrogen) atoms. The topological polar surface area (TPSA) is 114 Å². The lowest BCUT2D eigenvalue weighted by molar-refractivity contribution is -0.142. The fourth-order valence-electron chi connectivity index (χ4n) is 4.66. The summed E-state index contributed by atoms with van der Waals surface area (Å²) < 4.78 is 11.0. The van der Waals surface area contributed by atoms with E-state index in [2.05, 4.69) is 16.8 Å². The molecule has 0 atom stereocenters. The molecule has 4 rings (SSSR count). The number of nitrogens with zero attached hydrogens (tertiary/aromatic N) is 2. The maximum atomic E-state index is 13.9. The summed E-state index contributed by atoms with van der Waals surface area (Å²) in [6.45, 7) is 8.90. The SMILES string of the molecule is C=C(C)/C=C(Oc1cc(Cl)c(C(=O)NCCC(=O)OCC)cc1Cl)\C(=C/N)C(=O)N1CCN(C2CC2)c2ccccc21. The van der Waals surface area contributed by atoms with E-state index in [0.29, 0.717) is 24.7 Å². The summed E-state index contributed by atoms with van der Waals surface area (Å²) in [6.07, 6.45) is 5.10. The molecule has 3 N–H and O–H groups in total. The van der Waals surface area contributed by atoms with E-state index in [-0.39, 0.29) is 58.2 Å². The lowest BCUT2D eigenvalue weighted by Crippen LogP contribution is -2.45. The van der Waals surface area contributed by atoms with Gasteiger partial charge in [-0.25, -0.2) is 0 Å².